The molecule has 0 aliphatic rings. The van der Waals surface area contributed by atoms with Crippen LogP contribution < -0.4 is 9.46 Å². The number of hydrogen-bond donors (Lipinski definition) is 1. The Morgan fingerprint density at radius 3 is 2.02 bits per heavy atom. The SMILES string of the molecule is COc1ccccc1S(=O)(=O)NC(=O)CCC(Cc1ccc(Cl)cc1)N(C)C(=O)c1cc(C(F)(F)F)cc(C(F)(F)F)c1. The monoisotopic (exact) mass is 650 g/mol. The van der Waals surface area contributed by atoms with Gasteiger partial charge in [-0.05, 0) is 60.9 Å². The Morgan fingerprint density at radius 1 is 0.930 bits per heavy atom. The lowest BCUT2D eigenvalue weighted by Gasteiger charge is -2.29. The van der Waals surface area contributed by atoms with Crippen LogP contribution in [0.25, 0.3) is 0 Å². The highest BCUT2D eigenvalue weighted by molar-refractivity contribution is 7.90. The van der Waals surface area contributed by atoms with Crippen molar-refractivity contribution in [1.29, 1.82) is 0 Å². The van der Waals surface area contributed by atoms with Gasteiger partial charge in [-0.25, -0.2) is 13.1 Å². The molecule has 232 valence electrons. The molecule has 0 fully saturated rings. The quantitative estimate of drug-likeness (QED) is 0.258. The molecule has 15 heteroatoms. The third kappa shape index (κ3) is 8.86. The third-order valence-electron chi connectivity index (χ3n) is 6.40. The predicted molar refractivity (Wildman–Crippen MR) is 145 cm³/mol. The first-order chi connectivity index (χ1) is 19.9. The molecule has 3 rings (SSSR count). The number of benzene rings is 3. The van der Waals surface area contributed by atoms with E-state index in [2.05, 4.69) is 0 Å². The summed E-state index contributed by atoms with van der Waals surface area (Å²) in [6.07, 6.45) is -11.0. The zero-order chi connectivity index (χ0) is 32.2. The highest BCUT2D eigenvalue weighted by Gasteiger charge is 2.38. The van der Waals surface area contributed by atoms with Gasteiger partial charge in [-0.1, -0.05) is 35.9 Å². The average molecular weight is 651 g/mol. The van der Waals surface area contributed by atoms with E-state index < -0.39 is 63.3 Å². The molecule has 0 saturated carbocycles. The lowest BCUT2D eigenvalue weighted by Crippen LogP contribution is -2.40. The lowest BCUT2D eigenvalue weighted by atomic mass is 9.98. The summed E-state index contributed by atoms with van der Waals surface area (Å²) in [4.78, 5) is 26.6. The number of ether oxygens (including phenoxy) is 1. The fourth-order valence-electron chi connectivity index (χ4n) is 4.17. The molecule has 0 aromatic heterocycles. The number of halogens is 7. The van der Waals surface area contributed by atoms with E-state index in [9.17, 15) is 44.3 Å². The third-order valence-corrected chi connectivity index (χ3v) is 8.06. The Bertz CT molecular complexity index is 1550. The van der Waals surface area contributed by atoms with Gasteiger partial charge in [-0.2, -0.15) is 26.3 Å². The summed E-state index contributed by atoms with van der Waals surface area (Å²) in [5.41, 5.74) is -3.60. The zero-order valence-electron chi connectivity index (χ0n) is 22.6. The number of para-hydroxylation sites is 1. The van der Waals surface area contributed by atoms with Gasteiger partial charge in [-0.3, -0.25) is 9.59 Å². The van der Waals surface area contributed by atoms with E-state index in [0.717, 1.165) is 4.90 Å². The van der Waals surface area contributed by atoms with Crippen molar-refractivity contribution in [2.75, 3.05) is 14.2 Å². The van der Waals surface area contributed by atoms with Crippen molar-refractivity contribution in [1.82, 2.24) is 9.62 Å². The Kier molecular flexibility index (Phi) is 10.4. The second-order valence-corrected chi connectivity index (χ2v) is 11.5. The largest absolute Gasteiger partial charge is 0.495 e. The zero-order valence-corrected chi connectivity index (χ0v) is 24.2. The van der Waals surface area contributed by atoms with Crippen molar-refractivity contribution in [2.24, 2.45) is 0 Å². The molecule has 7 nitrogen and oxygen atoms in total. The van der Waals surface area contributed by atoms with E-state index in [1.54, 1.807) is 12.1 Å². The fraction of sp³-hybridized carbons (Fsp3) is 0.286. The first kappa shape index (κ1) is 33.7. The summed E-state index contributed by atoms with van der Waals surface area (Å²) in [6, 6.07) is 11.4. The van der Waals surface area contributed by atoms with Crippen molar-refractivity contribution in [3.8, 4) is 5.75 Å². The maximum absolute atomic E-state index is 13.4. The second kappa shape index (κ2) is 13.2. The van der Waals surface area contributed by atoms with E-state index in [4.69, 9.17) is 16.3 Å². The minimum Gasteiger partial charge on any atom is -0.495 e. The van der Waals surface area contributed by atoms with Crippen molar-refractivity contribution < 1.29 is 49.1 Å². The van der Waals surface area contributed by atoms with Crippen LogP contribution in [0.15, 0.2) is 71.6 Å². The molecule has 0 saturated heterocycles. The molecular weight excluding hydrogens is 626 g/mol. The molecule has 0 spiro atoms. The van der Waals surface area contributed by atoms with Crippen molar-refractivity contribution in [2.45, 2.75) is 42.6 Å². The van der Waals surface area contributed by atoms with E-state index in [1.165, 1.54) is 50.6 Å². The van der Waals surface area contributed by atoms with Crippen molar-refractivity contribution in [3.05, 3.63) is 94.0 Å². The van der Waals surface area contributed by atoms with E-state index in [0.29, 0.717) is 22.7 Å². The molecule has 1 atom stereocenters. The van der Waals surface area contributed by atoms with Crippen LogP contribution in [-0.4, -0.2) is 45.3 Å². The van der Waals surface area contributed by atoms with E-state index in [-0.39, 0.29) is 29.6 Å². The van der Waals surface area contributed by atoms with Crippen LogP contribution in [-0.2, 0) is 33.6 Å². The van der Waals surface area contributed by atoms with Crippen LogP contribution in [0, 0.1) is 0 Å². The molecule has 0 aliphatic heterocycles. The Labute approximate surface area is 248 Å². The smallest absolute Gasteiger partial charge is 0.416 e. The van der Waals surface area contributed by atoms with Gasteiger partial charge in [0.15, 0.2) is 0 Å². The van der Waals surface area contributed by atoms with Crippen molar-refractivity contribution in [3.63, 3.8) is 0 Å². The maximum atomic E-state index is 13.4. The molecule has 0 aliphatic carbocycles. The summed E-state index contributed by atoms with van der Waals surface area (Å²) in [6.45, 7) is 0. The number of hydrogen-bond acceptors (Lipinski definition) is 5. The maximum Gasteiger partial charge on any atom is 0.416 e. The molecular formula is C28H25ClF6N2O5S. The minimum atomic E-state index is -5.16. The second-order valence-electron chi connectivity index (χ2n) is 9.41. The van der Waals surface area contributed by atoms with Crippen LogP contribution in [0.1, 0.15) is 39.9 Å². The summed E-state index contributed by atoms with van der Waals surface area (Å²) in [5, 5.41) is 0.384. The first-order valence-electron chi connectivity index (χ1n) is 12.4. The highest BCUT2D eigenvalue weighted by Crippen LogP contribution is 2.36. The Hall–Kier alpha value is -3.78. The molecule has 0 radical (unpaired) electrons. The molecule has 1 N–H and O–H groups in total. The van der Waals surface area contributed by atoms with Gasteiger partial charge in [0.25, 0.3) is 15.9 Å². The molecule has 2 amide bonds. The molecule has 1 unspecified atom stereocenters. The van der Waals surface area contributed by atoms with Gasteiger partial charge in [0.1, 0.15) is 10.6 Å². The average Bonchev–Trinajstić information content (AvgIpc) is 2.94. The van der Waals surface area contributed by atoms with Crippen LogP contribution in [0.5, 0.6) is 5.75 Å². The fourth-order valence-corrected chi connectivity index (χ4v) is 5.48. The summed E-state index contributed by atoms with van der Waals surface area (Å²) in [5.74, 6) is -2.16. The lowest BCUT2D eigenvalue weighted by molar-refractivity contribution is -0.143. The molecule has 0 bridgehead atoms. The van der Waals surface area contributed by atoms with Gasteiger partial charge < -0.3 is 9.64 Å². The van der Waals surface area contributed by atoms with Crippen LogP contribution in [0.4, 0.5) is 26.3 Å². The summed E-state index contributed by atoms with van der Waals surface area (Å²) >= 11 is 5.91. The number of nitrogens with one attached hydrogen (secondary N) is 1. The number of likely N-dealkylation sites (N-methyl/N-ethyl adjacent to an activating group) is 1. The Balaban J connectivity index is 1.89. The molecule has 0 heterocycles. The highest BCUT2D eigenvalue weighted by atomic mass is 35.5. The molecule has 3 aromatic rings. The van der Waals surface area contributed by atoms with Gasteiger partial charge in [-0.15, -0.1) is 0 Å². The number of methoxy groups -OCH3 is 1. The van der Waals surface area contributed by atoms with E-state index >= 15 is 0 Å². The van der Waals surface area contributed by atoms with Crippen LogP contribution >= 0.6 is 11.6 Å². The normalized spacial score (nSPS) is 12.9. The number of alkyl halides is 6. The topological polar surface area (TPSA) is 92.8 Å². The number of sulfonamides is 1. The van der Waals surface area contributed by atoms with E-state index in [1.807, 2.05) is 4.72 Å². The van der Waals surface area contributed by atoms with Gasteiger partial charge >= 0.3 is 12.4 Å². The van der Waals surface area contributed by atoms with Crippen molar-refractivity contribution >= 4 is 33.4 Å². The standard InChI is InChI=1S/C28H25ClF6N2O5S/c1-37(26(39)18-14-19(27(30,31)32)16-20(15-18)28(33,34)35)22(13-17-7-9-21(29)10-8-17)11-12-25(38)36-43(40,41)24-6-4-3-5-23(24)42-2/h3-10,14-16,22H,11-13H2,1-2H3,(H,36,38). The summed E-state index contributed by atoms with van der Waals surface area (Å²) < 4.78 is 113. The number of carbonyl (C=O) groups excluding carboxylic acids is 2. The number of rotatable bonds is 10. The molecule has 3 aromatic carbocycles. The van der Waals surface area contributed by atoms with Gasteiger partial charge in [0, 0.05) is 30.1 Å². The van der Waals surface area contributed by atoms with Crippen LogP contribution in [0.2, 0.25) is 5.02 Å². The first-order valence-corrected chi connectivity index (χ1v) is 14.3. The number of carbonyl (C=O) groups is 2. The van der Waals surface area contributed by atoms with Gasteiger partial charge in [0.2, 0.25) is 5.91 Å². The Morgan fingerprint density at radius 2 is 1.49 bits per heavy atom. The van der Waals surface area contributed by atoms with Gasteiger partial charge in [0.05, 0.1) is 18.2 Å². The number of amides is 2. The summed E-state index contributed by atoms with van der Waals surface area (Å²) in [7, 11) is -1.95. The number of nitrogens with zero attached hydrogens (tertiary/aromatic N) is 1. The molecule has 43 heavy (non-hydrogen) atoms. The van der Waals surface area contributed by atoms with Crippen LogP contribution in [0.3, 0.4) is 0 Å². The minimum absolute atomic E-state index is 0.0109. The predicted octanol–water partition coefficient (Wildman–Crippen LogP) is 6.35.